The van der Waals surface area contributed by atoms with E-state index >= 15 is 0 Å². The van der Waals surface area contributed by atoms with Gasteiger partial charge in [0, 0.05) is 11.1 Å². The molecule has 2 rings (SSSR count). The Morgan fingerprint density at radius 3 is 2.39 bits per heavy atom. The molecule has 0 heterocycles. The first-order valence-electron chi connectivity index (χ1n) is 6.76. The fourth-order valence-electron chi connectivity index (χ4n) is 1.75. The summed E-state index contributed by atoms with van der Waals surface area (Å²) in [5.41, 5.74) is 0.781. The summed E-state index contributed by atoms with van der Waals surface area (Å²) in [6.45, 7) is 0.686. The van der Waals surface area contributed by atoms with Crippen molar-refractivity contribution < 1.29 is 19.4 Å². The molecule has 0 aliphatic heterocycles. The first-order valence-corrected chi connectivity index (χ1v) is 7.52. The van der Waals surface area contributed by atoms with Crippen molar-refractivity contribution in [2.45, 2.75) is 0 Å². The molecule has 0 saturated heterocycles. The summed E-state index contributed by atoms with van der Waals surface area (Å²) >= 11 is 11.8. The topological polar surface area (TPSA) is 55.8 Å². The number of halogens is 2. The van der Waals surface area contributed by atoms with Crippen molar-refractivity contribution in [3.8, 4) is 11.5 Å². The van der Waals surface area contributed by atoms with Gasteiger partial charge in [-0.1, -0.05) is 35.3 Å². The van der Waals surface area contributed by atoms with Crippen LogP contribution in [0.5, 0.6) is 11.5 Å². The molecule has 120 valence electrons. The highest BCUT2D eigenvalue weighted by Gasteiger charge is 2.02. The zero-order valence-electron chi connectivity index (χ0n) is 12.0. The lowest BCUT2D eigenvalue weighted by Gasteiger charge is -2.10. The number of ether oxygens (including phenoxy) is 2. The highest BCUT2D eigenvalue weighted by molar-refractivity contribution is 6.35. The lowest BCUT2D eigenvalue weighted by atomic mass is 10.2. The third-order valence-corrected chi connectivity index (χ3v) is 3.33. The van der Waals surface area contributed by atoms with E-state index in [0.717, 1.165) is 11.6 Å². The van der Waals surface area contributed by atoms with Crippen LogP contribution in [0.4, 0.5) is 0 Å². The molecule has 0 aliphatic rings. The maximum absolute atomic E-state index is 10.4. The Bertz CT molecular complexity index is 696. The van der Waals surface area contributed by atoms with Crippen LogP contribution in [-0.2, 0) is 4.79 Å². The van der Waals surface area contributed by atoms with Gasteiger partial charge in [0.1, 0.15) is 24.7 Å². The number of hydrogen-bond acceptors (Lipinski definition) is 3. The second-order valence-corrected chi connectivity index (χ2v) is 5.36. The molecule has 0 spiro atoms. The third kappa shape index (κ3) is 5.85. The maximum atomic E-state index is 10.4. The van der Waals surface area contributed by atoms with Crippen molar-refractivity contribution in [3.63, 3.8) is 0 Å². The minimum atomic E-state index is -0.983. The van der Waals surface area contributed by atoms with Crippen molar-refractivity contribution in [2.75, 3.05) is 13.2 Å². The van der Waals surface area contributed by atoms with E-state index in [-0.39, 0.29) is 0 Å². The number of rotatable bonds is 7. The molecule has 2 aromatic carbocycles. The molecule has 0 aliphatic carbocycles. The van der Waals surface area contributed by atoms with E-state index in [1.54, 1.807) is 42.5 Å². The number of hydrogen-bond donors (Lipinski definition) is 1. The van der Waals surface area contributed by atoms with E-state index in [9.17, 15) is 4.79 Å². The molecule has 0 aromatic heterocycles. The number of carboxylic acid groups (broad SMARTS) is 1. The molecule has 6 heteroatoms. The van der Waals surface area contributed by atoms with Gasteiger partial charge >= 0.3 is 5.97 Å². The second kappa shape index (κ2) is 8.46. The van der Waals surface area contributed by atoms with Crippen molar-refractivity contribution in [1.29, 1.82) is 0 Å². The minimum absolute atomic E-state index is 0.335. The smallest absolute Gasteiger partial charge is 0.328 e. The molecule has 4 nitrogen and oxygen atoms in total. The predicted molar refractivity (Wildman–Crippen MR) is 90.6 cm³/mol. The zero-order valence-corrected chi connectivity index (χ0v) is 13.6. The van der Waals surface area contributed by atoms with Crippen LogP contribution in [0.2, 0.25) is 10.0 Å². The van der Waals surface area contributed by atoms with Crippen LogP contribution in [0.25, 0.3) is 6.08 Å². The van der Waals surface area contributed by atoms with Gasteiger partial charge in [0.2, 0.25) is 0 Å². The molecule has 0 radical (unpaired) electrons. The van der Waals surface area contributed by atoms with E-state index in [1.165, 1.54) is 6.08 Å². The molecule has 0 bridgehead atoms. The third-order valence-electron chi connectivity index (χ3n) is 2.80. The van der Waals surface area contributed by atoms with Crippen molar-refractivity contribution in [3.05, 3.63) is 64.1 Å². The van der Waals surface area contributed by atoms with Crippen molar-refractivity contribution in [2.24, 2.45) is 0 Å². The number of carbonyl (C=O) groups is 1. The summed E-state index contributed by atoms with van der Waals surface area (Å²) in [4.78, 5) is 10.4. The van der Waals surface area contributed by atoms with Gasteiger partial charge in [-0.15, -0.1) is 0 Å². The Morgan fingerprint density at radius 1 is 1.04 bits per heavy atom. The van der Waals surface area contributed by atoms with Crippen LogP contribution in [0.3, 0.4) is 0 Å². The average molecular weight is 353 g/mol. The summed E-state index contributed by atoms with van der Waals surface area (Å²) in [7, 11) is 0. The Morgan fingerprint density at radius 2 is 1.74 bits per heavy atom. The molecule has 0 unspecified atom stereocenters. The summed E-state index contributed by atoms with van der Waals surface area (Å²) in [6, 6.07) is 12.1. The van der Waals surface area contributed by atoms with Gasteiger partial charge in [-0.2, -0.15) is 0 Å². The molecule has 0 atom stereocenters. The van der Waals surface area contributed by atoms with E-state index in [1.807, 2.05) is 0 Å². The monoisotopic (exact) mass is 352 g/mol. The summed E-state index contributed by atoms with van der Waals surface area (Å²) < 4.78 is 11.0. The van der Waals surface area contributed by atoms with Gasteiger partial charge < -0.3 is 14.6 Å². The van der Waals surface area contributed by atoms with Crippen molar-refractivity contribution in [1.82, 2.24) is 0 Å². The average Bonchev–Trinajstić information content (AvgIpc) is 2.52. The number of benzene rings is 2. The Balaban J connectivity index is 1.79. The zero-order chi connectivity index (χ0) is 16.7. The van der Waals surface area contributed by atoms with Crippen LogP contribution < -0.4 is 9.47 Å². The SMILES string of the molecule is O=C(O)C=Cc1ccc(OCCOc2ccc(Cl)cc2Cl)cc1. The van der Waals surface area contributed by atoms with Gasteiger partial charge in [-0.25, -0.2) is 4.79 Å². The quantitative estimate of drug-likeness (QED) is 0.586. The molecule has 0 saturated carbocycles. The number of carboxylic acids is 1. The van der Waals surface area contributed by atoms with Gasteiger partial charge in [0.15, 0.2) is 0 Å². The molecular formula is C17H14Cl2O4. The van der Waals surface area contributed by atoms with Gasteiger partial charge in [0.05, 0.1) is 5.02 Å². The summed E-state index contributed by atoms with van der Waals surface area (Å²) in [5.74, 6) is 0.237. The molecule has 0 fully saturated rings. The normalized spacial score (nSPS) is 10.7. The fraction of sp³-hybridized carbons (Fsp3) is 0.118. The summed E-state index contributed by atoms with van der Waals surface area (Å²) in [6.07, 6.45) is 2.59. The van der Waals surface area contributed by atoms with Crippen LogP contribution in [0.15, 0.2) is 48.5 Å². The standard InChI is InChI=1S/C17H14Cl2O4/c18-13-4-7-16(15(19)11-13)23-10-9-22-14-5-1-12(2-6-14)3-8-17(20)21/h1-8,11H,9-10H2,(H,20,21). The lowest BCUT2D eigenvalue weighted by molar-refractivity contribution is -0.131. The van der Waals surface area contributed by atoms with E-state index in [2.05, 4.69) is 0 Å². The molecule has 2 aromatic rings. The fourth-order valence-corrected chi connectivity index (χ4v) is 2.21. The predicted octanol–water partition coefficient (Wildman–Crippen LogP) is 4.55. The summed E-state index contributed by atoms with van der Waals surface area (Å²) in [5, 5.41) is 9.56. The Hall–Kier alpha value is -2.17. The largest absolute Gasteiger partial charge is 0.490 e. The maximum Gasteiger partial charge on any atom is 0.328 e. The van der Waals surface area contributed by atoms with E-state index in [0.29, 0.717) is 34.8 Å². The van der Waals surface area contributed by atoms with Crippen LogP contribution in [-0.4, -0.2) is 24.3 Å². The second-order valence-electron chi connectivity index (χ2n) is 4.51. The Kier molecular flexibility index (Phi) is 6.32. The van der Waals surface area contributed by atoms with Gasteiger partial charge in [-0.3, -0.25) is 0 Å². The molecule has 23 heavy (non-hydrogen) atoms. The minimum Gasteiger partial charge on any atom is -0.490 e. The first-order chi connectivity index (χ1) is 11.0. The number of aliphatic carboxylic acids is 1. The molecule has 0 amide bonds. The highest BCUT2D eigenvalue weighted by atomic mass is 35.5. The van der Waals surface area contributed by atoms with E-state index in [4.69, 9.17) is 37.8 Å². The van der Waals surface area contributed by atoms with Crippen LogP contribution in [0.1, 0.15) is 5.56 Å². The Labute approximate surface area is 143 Å². The van der Waals surface area contributed by atoms with E-state index < -0.39 is 5.97 Å². The van der Waals surface area contributed by atoms with Crippen molar-refractivity contribution >= 4 is 35.2 Å². The highest BCUT2D eigenvalue weighted by Crippen LogP contribution is 2.27. The molecule has 1 N–H and O–H groups in total. The van der Waals surface area contributed by atoms with Gasteiger partial charge in [-0.05, 0) is 42.0 Å². The molecular weight excluding hydrogens is 339 g/mol. The van der Waals surface area contributed by atoms with Gasteiger partial charge in [0.25, 0.3) is 0 Å². The lowest BCUT2D eigenvalue weighted by Crippen LogP contribution is -2.09. The first kappa shape index (κ1) is 17.2. The van der Waals surface area contributed by atoms with Crippen LogP contribution >= 0.6 is 23.2 Å². The van der Waals surface area contributed by atoms with Crippen LogP contribution in [0, 0.1) is 0 Å².